The first-order valence-electron chi connectivity index (χ1n) is 24.3. The molecule has 0 saturated carbocycles. The summed E-state index contributed by atoms with van der Waals surface area (Å²) in [7, 11) is 0. The Morgan fingerprint density at radius 1 is 0.415 bits per heavy atom. The quantitative estimate of drug-likeness (QED) is 0.163. The van der Waals surface area contributed by atoms with Crippen LogP contribution in [0.2, 0.25) is 0 Å². The van der Waals surface area contributed by atoms with Crippen LogP contribution in [0, 0.1) is 0 Å². The molecule has 0 spiro atoms. The van der Waals surface area contributed by atoms with Gasteiger partial charge in [-0.05, 0) is 168 Å². The summed E-state index contributed by atoms with van der Waals surface area (Å²) >= 11 is 0. The largest absolute Gasteiger partial charge is 0.376 e. The number of nitrogens with zero attached hydrogens (tertiary/aromatic N) is 2. The molecule has 3 heteroatoms. The van der Waals surface area contributed by atoms with Gasteiger partial charge in [0.2, 0.25) is 0 Å². The molecular weight excluding hydrogens is 784 g/mol. The molecule has 0 unspecified atom stereocenters. The lowest BCUT2D eigenvalue weighted by Crippen LogP contribution is -2.62. The van der Waals surface area contributed by atoms with Gasteiger partial charge in [0.1, 0.15) is 0 Å². The van der Waals surface area contributed by atoms with E-state index in [1.165, 1.54) is 126 Å². The van der Waals surface area contributed by atoms with E-state index in [1.54, 1.807) is 0 Å². The van der Waals surface area contributed by atoms with Crippen molar-refractivity contribution in [3.63, 3.8) is 0 Å². The first kappa shape index (κ1) is 41.9. The first-order valence-corrected chi connectivity index (χ1v) is 24.3. The van der Waals surface area contributed by atoms with E-state index in [2.05, 4.69) is 231 Å². The van der Waals surface area contributed by atoms with Gasteiger partial charge in [0, 0.05) is 34.0 Å². The van der Waals surface area contributed by atoms with Crippen LogP contribution in [-0.2, 0) is 27.1 Å². The van der Waals surface area contributed by atoms with Crippen LogP contribution in [0.3, 0.4) is 0 Å². The topological polar surface area (TPSA) is 6.48 Å². The SMILES string of the molecule is CC(C)(C)c1cc2c3c(c1)N(c1ccc(-c4ccccc4)cc1)c1cc4c(cc1B3N(c1ccc3c(c1)C(C)(C)CCC3(C)C)c1ccc(-c3ccccc3)cc1-2)C(C)(C)CCC4(C)C. The van der Waals surface area contributed by atoms with Crippen LogP contribution < -0.4 is 20.6 Å². The van der Waals surface area contributed by atoms with Crippen molar-refractivity contribution >= 4 is 46.2 Å². The van der Waals surface area contributed by atoms with E-state index in [-0.39, 0.29) is 33.9 Å². The van der Waals surface area contributed by atoms with E-state index in [0.29, 0.717) is 0 Å². The Labute approximate surface area is 389 Å². The maximum absolute atomic E-state index is 2.76. The molecule has 7 aromatic rings. The summed E-state index contributed by atoms with van der Waals surface area (Å²) in [6.07, 6.45) is 4.71. The number of rotatable bonds is 4. The summed E-state index contributed by atoms with van der Waals surface area (Å²) in [4.78, 5) is 5.40. The molecule has 0 N–H and O–H groups in total. The van der Waals surface area contributed by atoms with Crippen molar-refractivity contribution in [3.8, 4) is 33.4 Å². The molecule has 0 bridgehead atoms. The van der Waals surface area contributed by atoms with Gasteiger partial charge in [-0.15, -0.1) is 0 Å². The van der Waals surface area contributed by atoms with E-state index in [4.69, 9.17) is 0 Å². The predicted molar refractivity (Wildman–Crippen MR) is 280 cm³/mol. The molecule has 65 heavy (non-hydrogen) atoms. The van der Waals surface area contributed by atoms with Gasteiger partial charge in [-0.25, -0.2) is 0 Å². The summed E-state index contributed by atoms with van der Waals surface area (Å²) in [5.74, 6) is 0. The number of hydrogen-bond acceptors (Lipinski definition) is 2. The zero-order valence-electron chi connectivity index (χ0n) is 40.7. The Kier molecular flexibility index (Phi) is 9.25. The third kappa shape index (κ3) is 6.66. The summed E-state index contributed by atoms with van der Waals surface area (Å²) in [6.45, 7) is 26.8. The van der Waals surface area contributed by atoms with Crippen LogP contribution in [-0.4, -0.2) is 6.85 Å². The highest BCUT2D eigenvalue weighted by molar-refractivity contribution is 6.93. The van der Waals surface area contributed by atoms with Gasteiger partial charge in [-0.1, -0.05) is 173 Å². The normalized spacial score (nSPS) is 18.2. The fourth-order valence-electron chi connectivity index (χ4n) is 12.0. The molecule has 0 amide bonds. The van der Waals surface area contributed by atoms with Crippen molar-refractivity contribution in [2.24, 2.45) is 0 Å². The zero-order chi connectivity index (χ0) is 45.4. The van der Waals surface area contributed by atoms with Crippen molar-refractivity contribution in [2.75, 3.05) is 9.71 Å². The van der Waals surface area contributed by atoms with Gasteiger partial charge in [-0.2, -0.15) is 0 Å². The summed E-state index contributed by atoms with van der Waals surface area (Å²) in [5.41, 5.74) is 24.2. The molecule has 0 aromatic heterocycles. The van der Waals surface area contributed by atoms with E-state index in [1.807, 2.05) is 0 Å². The lowest BCUT2D eigenvalue weighted by Gasteiger charge is -2.49. The molecule has 11 rings (SSSR count). The average molecular weight is 849 g/mol. The minimum atomic E-state index is -0.0861. The van der Waals surface area contributed by atoms with E-state index < -0.39 is 0 Å². The third-order valence-corrected chi connectivity index (χ3v) is 16.3. The van der Waals surface area contributed by atoms with Crippen molar-refractivity contribution in [3.05, 3.63) is 173 Å². The molecule has 2 aliphatic carbocycles. The predicted octanol–water partition coefficient (Wildman–Crippen LogP) is 15.7. The Hall–Kier alpha value is -5.80. The lowest BCUT2D eigenvalue weighted by atomic mass is 9.42. The second kappa shape index (κ2) is 14.4. The van der Waals surface area contributed by atoms with E-state index in [9.17, 15) is 0 Å². The van der Waals surface area contributed by atoms with Crippen molar-refractivity contribution in [1.82, 2.24) is 0 Å². The summed E-state index contributed by atoms with van der Waals surface area (Å²) in [6, 6.07) is 56.4. The molecule has 0 radical (unpaired) electrons. The summed E-state index contributed by atoms with van der Waals surface area (Å²) in [5, 5.41) is 0. The second-order valence-corrected chi connectivity index (χ2v) is 23.5. The van der Waals surface area contributed by atoms with Gasteiger partial charge in [0.05, 0.1) is 0 Å². The minimum absolute atomic E-state index is 0.0463. The molecule has 2 aliphatic heterocycles. The number of hydrogen-bond donors (Lipinski definition) is 0. The maximum atomic E-state index is 2.76. The lowest BCUT2D eigenvalue weighted by molar-refractivity contribution is 0.332. The molecule has 2 heterocycles. The molecule has 0 saturated heterocycles. The maximum Gasteiger partial charge on any atom is 0.333 e. The molecule has 7 aromatic carbocycles. The van der Waals surface area contributed by atoms with Crippen LogP contribution in [0.15, 0.2) is 146 Å². The second-order valence-electron chi connectivity index (χ2n) is 23.5. The fraction of sp³-hybridized carbons (Fsp3) is 0.323. The highest BCUT2D eigenvalue weighted by atomic mass is 15.2. The zero-order valence-corrected chi connectivity index (χ0v) is 40.7. The van der Waals surface area contributed by atoms with E-state index in [0.717, 1.165) is 0 Å². The highest BCUT2D eigenvalue weighted by Crippen LogP contribution is 2.54. The van der Waals surface area contributed by atoms with Crippen LogP contribution in [0.4, 0.5) is 28.4 Å². The van der Waals surface area contributed by atoms with Gasteiger partial charge in [0.25, 0.3) is 0 Å². The highest BCUT2D eigenvalue weighted by Gasteiger charge is 2.49. The van der Waals surface area contributed by atoms with E-state index >= 15 is 0 Å². The van der Waals surface area contributed by atoms with Crippen molar-refractivity contribution in [1.29, 1.82) is 0 Å². The standard InChI is InChI=1S/C62H65BN2/c1-58(2,3)44-35-48-47-34-43(41-20-16-13-17-21-41)24-29-54(47)65(46-27-28-49-50(37-46)60(6,7)31-30-59(49,4)5)63-53-38-51-52(62(10,11)33-32-61(51,8)9)39-55(53)64(56(36-44)57(48)63)45-25-22-42(23-26-45)40-18-14-12-15-19-40/h12-29,34-39H,30-33H2,1-11H3. The average Bonchev–Trinajstić information content (AvgIpc) is 3.29. The Morgan fingerprint density at radius 2 is 0.923 bits per heavy atom. The van der Waals surface area contributed by atoms with Crippen LogP contribution in [0.5, 0.6) is 0 Å². The third-order valence-electron chi connectivity index (χ3n) is 16.3. The molecule has 4 aliphatic rings. The molecule has 0 fully saturated rings. The van der Waals surface area contributed by atoms with Crippen molar-refractivity contribution < 1.29 is 0 Å². The number of fused-ring (bicyclic) bond motifs is 6. The smallest absolute Gasteiger partial charge is 0.333 e. The van der Waals surface area contributed by atoms with Crippen LogP contribution in [0.25, 0.3) is 33.4 Å². The Balaban J connectivity index is 1.26. The summed E-state index contributed by atoms with van der Waals surface area (Å²) < 4.78 is 0. The molecule has 2 nitrogen and oxygen atoms in total. The van der Waals surface area contributed by atoms with Gasteiger partial charge >= 0.3 is 6.85 Å². The Morgan fingerprint density at radius 3 is 1.52 bits per heavy atom. The van der Waals surface area contributed by atoms with Crippen LogP contribution >= 0.6 is 0 Å². The van der Waals surface area contributed by atoms with Gasteiger partial charge in [0.15, 0.2) is 0 Å². The van der Waals surface area contributed by atoms with Crippen LogP contribution in [0.1, 0.15) is 130 Å². The monoisotopic (exact) mass is 849 g/mol. The van der Waals surface area contributed by atoms with Crippen molar-refractivity contribution in [2.45, 2.75) is 129 Å². The molecule has 0 atom stereocenters. The number of benzene rings is 7. The Bertz CT molecular complexity index is 3020. The first-order chi connectivity index (χ1) is 30.8. The van der Waals surface area contributed by atoms with Gasteiger partial charge < -0.3 is 9.71 Å². The minimum Gasteiger partial charge on any atom is -0.376 e. The van der Waals surface area contributed by atoms with Gasteiger partial charge in [-0.3, -0.25) is 0 Å². The number of anilines is 5. The fourth-order valence-corrected chi connectivity index (χ4v) is 12.0. The molecular formula is C62H65BN2. The molecule has 326 valence electrons.